The summed E-state index contributed by atoms with van der Waals surface area (Å²) in [4.78, 5) is 25.2. The zero-order chi connectivity index (χ0) is 20.5. The molecular formula is C18H23N3O5S. The standard InChI is InChI=1S/C18H23N3O5S/c1-11-9-16(17(22)10-20(4)13(3)18(23)24)12(2)21(11)14-5-7-15(8-6-14)27(19,25)26/h5-9,13H,10H2,1-4H3,(H,23,24)(H2,19,25,26). The Bertz CT molecular complexity index is 977. The minimum absolute atomic E-state index is 0.00861. The molecule has 146 valence electrons. The number of ketones is 1. The van der Waals surface area contributed by atoms with Gasteiger partial charge in [0.25, 0.3) is 0 Å². The van der Waals surface area contributed by atoms with Gasteiger partial charge in [-0.1, -0.05) is 0 Å². The van der Waals surface area contributed by atoms with Crippen molar-refractivity contribution in [3.05, 3.63) is 47.3 Å². The zero-order valence-corrected chi connectivity index (χ0v) is 16.4. The third-order valence-corrected chi connectivity index (χ3v) is 5.50. The number of carboxylic acids is 1. The van der Waals surface area contributed by atoms with E-state index in [9.17, 15) is 18.0 Å². The van der Waals surface area contributed by atoms with Crippen LogP contribution in [0.3, 0.4) is 0 Å². The van der Waals surface area contributed by atoms with Crippen LogP contribution in [0.25, 0.3) is 5.69 Å². The highest BCUT2D eigenvalue weighted by molar-refractivity contribution is 7.89. The number of hydrogen-bond acceptors (Lipinski definition) is 5. The fraction of sp³-hybridized carbons (Fsp3) is 0.333. The van der Waals surface area contributed by atoms with Crippen molar-refractivity contribution in [2.75, 3.05) is 13.6 Å². The van der Waals surface area contributed by atoms with Crippen LogP contribution >= 0.6 is 0 Å². The van der Waals surface area contributed by atoms with Crippen LogP contribution < -0.4 is 5.14 Å². The summed E-state index contributed by atoms with van der Waals surface area (Å²) in [5.74, 6) is -1.18. The molecule has 8 nitrogen and oxygen atoms in total. The number of aromatic nitrogens is 1. The number of sulfonamides is 1. The molecule has 27 heavy (non-hydrogen) atoms. The van der Waals surface area contributed by atoms with Gasteiger partial charge < -0.3 is 9.67 Å². The monoisotopic (exact) mass is 393 g/mol. The Hall–Kier alpha value is -2.49. The summed E-state index contributed by atoms with van der Waals surface area (Å²) in [6.45, 7) is 5.11. The number of rotatable bonds is 7. The van der Waals surface area contributed by atoms with Crippen LogP contribution in [-0.4, -0.2) is 54.4 Å². The smallest absolute Gasteiger partial charge is 0.320 e. The molecule has 3 N–H and O–H groups in total. The molecule has 1 aromatic heterocycles. The molecule has 1 atom stereocenters. The summed E-state index contributed by atoms with van der Waals surface area (Å²) in [6, 6.07) is 7.02. The van der Waals surface area contributed by atoms with Crippen molar-refractivity contribution in [1.82, 2.24) is 9.47 Å². The van der Waals surface area contributed by atoms with Gasteiger partial charge in [0.05, 0.1) is 11.4 Å². The van der Waals surface area contributed by atoms with E-state index in [4.69, 9.17) is 10.2 Å². The largest absolute Gasteiger partial charge is 0.480 e. The molecule has 0 aliphatic heterocycles. The van der Waals surface area contributed by atoms with Gasteiger partial charge in [0.1, 0.15) is 6.04 Å². The number of aryl methyl sites for hydroxylation is 1. The van der Waals surface area contributed by atoms with Crippen LogP contribution in [-0.2, 0) is 14.8 Å². The van der Waals surface area contributed by atoms with Crippen molar-refractivity contribution < 1.29 is 23.1 Å². The molecule has 0 fully saturated rings. The molecular weight excluding hydrogens is 370 g/mol. The Morgan fingerprint density at radius 1 is 1.22 bits per heavy atom. The normalized spacial score (nSPS) is 13.0. The Morgan fingerprint density at radius 2 is 1.78 bits per heavy atom. The first-order chi connectivity index (χ1) is 12.4. The molecule has 0 saturated heterocycles. The molecule has 0 aliphatic rings. The highest BCUT2D eigenvalue weighted by atomic mass is 32.2. The van der Waals surface area contributed by atoms with Crippen LogP contribution in [0, 0.1) is 13.8 Å². The number of nitrogens with zero attached hydrogens (tertiary/aromatic N) is 2. The van der Waals surface area contributed by atoms with Crippen molar-refractivity contribution in [2.24, 2.45) is 5.14 Å². The van der Waals surface area contributed by atoms with Crippen molar-refractivity contribution >= 4 is 21.8 Å². The molecule has 2 rings (SSSR count). The summed E-state index contributed by atoms with van der Waals surface area (Å²) in [5, 5.41) is 14.2. The summed E-state index contributed by atoms with van der Waals surface area (Å²) in [7, 11) is -2.19. The molecule has 0 bridgehead atoms. The third kappa shape index (κ3) is 4.44. The van der Waals surface area contributed by atoms with Gasteiger partial charge >= 0.3 is 5.97 Å². The fourth-order valence-electron chi connectivity index (χ4n) is 2.86. The number of primary sulfonamides is 1. The van der Waals surface area contributed by atoms with Gasteiger partial charge in [-0.2, -0.15) is 0 Å². The van der Waals surface area contributed by atoms with Gasteiger partial charge in [-0.25, -0.2) is 13.6 Å². The fourth-order valence-corrected chi connectivity index (χ4v) is 3.38. The maximum atomic E-state index is 12.6. The lowest BCUT2D eigenvalue weighted by Gasteiger charge is -2.20. The summed E-state index contributed by atoms with van der Waals surface area (Å²) in [5.41, 5.74) is 2.68. The first kappa shape index (κ1) is 20.8. The highest BCUT2D eigenvalue weighted by Gasteiger charge is 2.22. The number of hydrogen-bond donors (Lipinski definition) is 2. The van der Waals surface area contributed by atoms with E-state index in [0.29, 0.717) is 16.9 Å². The number of aliphatic carboxylic acids is 1. The summed E-state index contributed by atoms with van der Waals surface area (Å²) < 4.78 is 24.6. The second kappa shape index (κ2) is 7.63. The molecule has 1 aromatic carbocycles. The first-order valence-electron chi connectivity index (χ1n) is 8.22. The minimum atomic E-state index is -3.78. The lowest BCUT2D eigenvalue weighted by Crippen LogP contribution is -2.39. The van der Waals surface area contributed by atoms with E-state index in [0.717, 1.165) is 5.69 Å². The first-order valence-corrected chi connectivity index (χ1v) is 9.76. The number of likely N-dealkylation sites (N-methyl/N-ethyl adjacent to an activating group) is 1. The van der Waals surface area contributed by atoms with E-state index in [2.05, 4.69) is 0 Å². The minimum Gasteiger partial charge on any atom is -0.480 e. The van der Waals surface area contributed by atoms with Gasteiger partial charge in [0.2, 0.25) is 10.0 Å². The predicted octanol–water partition coefficient (Wildman–Crippen LogP) is 1.33. The SMILES string of the molecule is Cc1cc(C(=O)CN(C)C(C)C(=O)O)c(C)n1-c1ccc(S(N)(=O)=O)cc1. The Kier molecular flexibility index (Phi) is 5.88. The highest BCUT2D eigenvalue weighted by Crippen LogP contribution is 2.22. The number of nitrogens with two attached hydrogens (primary N) is 1. The van der Waals surface area contributed by atoms with Gasteiger partial charge in [0, 0.05) is 22.6 Å². The maximum Gasteiger partial charge on any atom is 0.320 e. The number of carboxylic acid groups (broad SMARTS) is 1. The quantitative estimate of drug-likeness (QED) is 0.684. The molecule has 0 radical (unpaired) electrons. The summed E-state index contributed by atoms with van der Waals surface area (Å²) in [6.07, 6.45) is 0. The van der Waals surface area contributed by atoms with Crippen molar-refractivity contribution in [2.45, 2.75) is 31.7 Å². The molecule has 0 aliphatic carbocycles. The topological polar surface area (TPSA) is 123 Å². The Labute approximate surface area is 158 Å². The van der Waals surface area contributed by atoms with Crippen molar-refractivity contribution in [1.29, 1.82) is 0 Å². The second-order valence-corrected chi connectivity index (χ2v) is 8.07. The zero-order valence-electron chi connectivity index (χ0n) is 15.6. The average Bonchev–Trinajstić information content (AvgIpc) is 2.87. The van der Waals surface area contributed by atoms with E-state index < -0.39 is 22.0 Å². The van der Waals surface area contributed by atoms with E-state index in [1.807, 2.05) is 11.5 Å². The van der Waals surface area contributed by atoms with E-state index in [1.54, 1.807) is 32.2 Å². The van der Waals surface area contributed by atoms with E-state index in [1.165, 1.54) is 24.0 Å². The average molecular weight is 393 g/mol. The van der Waals surface area contributed by atoms with Gasteiger partial charge in [0.15, 0.2) is 5.78 Å². The molecule has 9 heteroatoms. The Balaban J connectivity index is 2.34. The van der Waals surface area contributed by atoms with E-state index >= 15 is 0 Å². The third-order valence-electron chi connectivity index (χ3n) is 4.57. The number of benzene rings is 1. The number of carbonyl (C=O) groups excluding carboxylic acids is 1. The van der Waals surface area contributed by atoms with Crippen molar-refractivity contribution in [3.63, 3.8) is 0 Å². The predicted molar refractivity (Wildman–Crippen MR) is 101 cm³/mol. The van der Waals surface area contributed by atoms with Crippen LogP contribution in [0.15, 0.2) is 35.2 Å². The van der Waals surface area contributed by atoms with Gasteiger partial charge in [-0.15, -0.1) is 0 Å². The molecule has 2 aromatic rings. The molecule has 0 saturated carbocycles. The molecule has 0 amide bonds. The van der Waals surface area contributed by atoms with Crippen LogP contribution in [0.4, 0.5) is 0 Å². The Morgan fingerprint density at radius 3 is 2.26 bits per heavy atom. The van der Waals surface area contributed by atoms with Gasteiger partial charge in [-0.3, -0.25) is 14.5 Å². The number of carbonyl (C=O) groups is 2. The maximum absolute atomic E-state index is 12.6. The van der Waals surface area contributed by atoms with Gasteiger partial charge in [-0.05, 0) is 58.2 Å². The van der Waals surface area contributed by atoms with Crippen molar-refractivity contribution in [3.8, 4) is 5.69 Å². The molecule has 1 heterocycles. The number of Topliss-reactive ketones (excluding diaryl/α,β-unsaturated/α-hetero) is 1. The van der Waals surface area contributed by atoms with Crippen LogP contribution in [0.1, 0.15) is 28.7 Å². The molecule has 1 unspecified atom stereocenters. The van der Waals surface area contributed by atoms with Crippen LogP contribution in [0.5, 0.6) is 0 Å². The lowest BCUT2D eigenvalue weighted by atomic mass is 10.1. The second-order valence-electron chi connectivity index (χ2n) is 6.51. The lowest BCUT2D eigenvalue weighted by molar-refractivity contribution is -0.141. The summed E-state index contributed by atoms with van der Waals surface area (Å²) >= 11 is 0. The van der Waals surface area contributed by atoms with E-state index in [-0.39, 0.29) is 17.2 Å². The van der Waals surface area contributed by atoms with Crippen LogP contribution in [0.2, 0.25) is 0 Å². The molecule has 0 spiro atoms.